The molecule has 1 rings (SSSR count). The molecule has 1 heterocycles. The Balaban J connectivity index is 3.17. The van der Waals surface area contributed by atoms with Crippen LogP contribution in [0.2, 0.25) is 0 Å². The molecular formula is C14H23NO4. The van der Waals surface area contributed by atoms with Gasteiger partial charge in [0, 0.05) is 5.92 Å². The maximum Gasteiger partial charge on any atom is 0.338 e. The maximum atomic E-state index is 12.3. The van der Waals surface area contributed by atoms with Crippen LogP contribution in [0.1, 0.15) is 33.6 Å². The zero-order chi connectivity index (χ0) is 14.5. The van der Waals surface area contributed by atoms with Crippen LogP contribution in [0.15, 0.2) is 12.2 Å². The Bertz CT molecular complexity index is 346. The van der Waals surface area contributed by atoms with Crippen molar-refractivity contribution >= 4 is 11.9 Å². The van der Waals surface area contributed by atoms with E-state index >= 15 is 0 Å². The normalized spacial score (nSPS) is 21.5. The Kier molecular flexibility index (Phi) is 5.54. The van der Waals surface area contributed by atoms with E-state index in [-0.39, 0.29) is 19.1 Å². The van der Waals surface area contributed by atoms with Crippen LogP contribution in [0.4, 0.5) is 0 Å². The molecule has 0 aromatic rings. The Hall–Kier alpha value is -1.36. The van der Waals surface area contributed by atoms with Crippen LogP contribution >= 0.6 is 0 Å². The van der Waals surface area contributed by atoms with Crippen molar-refractivity contribution in [3.8, 4) is 0 Å². The Morgan fingerprint density at radius 1 is 1.26 bits per heavy atom. The minimum Gasteiger partial charge on any atom is -0.464 e. The number of hydrogen-bond acceptors (Lipinski definition) is 5. The van der Waals surface area contributed by atoms with Crippen LogP contribution in [-0.2, 0) is 19.1 Å². The number of nitrogens with one attached hydrogen (secondary N) is 1. The van der Waals surface area contributed by atoms with E-state index < -0.39 is 17.5 Å². The molecule has 1 aliphatic rings. The van der Waals surface area contributed by atoms with Crippen LogP contribution in [0.3, 0.4) is 0 Å². The van der Waals surface area contributed by atoms with Gasteiger partial charge in [-0.1, -0.05) is 12.2 Å². The summed E-state index contributed by atoms with van der Waals surface area (Å²) in [5, 5.41) is 3.02. The van der Waals surface area contributed by atoms with Crippen LogP contribution in [0, 0.1) is 5.92 Å². The molecule has 0 aromatic heterocycles. The molecular weight excluding hydrogens is 246 g/mol. The summed E-state index contributed by atoms with van der Waals surface area (Å²) in [4.78, 5) is 24.6. The molecule has 108 valence electrons. The van der Waals surface area contributed by atoms with Gasteiger partial charge in [0.25, 0.3) is 0 Å². The molecule has 1 fully saturated rings. The fourth-order valence-electron chi connectivity index (χ4n) is 2.55. The largest absolute Gasteiger partial charge is 0.464 e. The van der Waals surface area contributed by atoms with Crippen LogP contribution in [0.5, 0.6) is 0 Å². The molecule has 1 saturated heterocycles. The molecule has 5 heteroatoms. The Labute approximate surface area is 114 Å². The van der Waals surface area contributed by atoms with Crippen molar-refractivity contribution in [3.05, 3.63) is 12.2 Å². The number of esters is 2. The highest BCUT2D eigenvalue weighted by Crippen LogP contribution is 2.34. The van der Waals surface area contributed by atoms with E-state index in [0.29, 0.717) is 6.54 Å². The van der Waals surface area contributed by atoms with Crippen LogP contribution in [0.25, 0.3) is 0 Å². The lowest BCUT2D eigenvalue weighted by Gasteiger charge is -2.40. The molecule has 0 aromatic carbocycles. The summed E-state index contributed by atoms with van der Waals surface area (Å²) in [6, 6.07) is 0. The third kappa shape index (κ3) is 2.97. The van der Waals surface area contributed by atoms with E-state index in [9.17, 15) is 9.59 Å². The molecule has 0 aliphatic carbocycles. The van der Waals surface area contributed by atoms with Crippen molar-refractivity contribution in [3.63, 3.8) is 0 Å². The van der Waals surface area contributed by atoms with E-state index in [1.807, 2.05) is 6.92 Å². The van der Waals surface area contributed by atoms with E-state index in [4.69, 9.17) is 9.47 Å². The van der Waals surface area contributed by atoms with Crippen molar-refractivity contribution in [1.82, 2.24) is 5.32 Å². The minimum absolute atomic E-state index is 0.227. The molecule has 1 unspecified atom stereocenters. The summed E-state index contributed by atoms with van der Waals surface area (Å²) in [6.45, 7) is 10.2. The summed E-state index contributed by atoms with van der Waals surface area (Å²) in [6.07, 6.45) is 1.61. The lowest BCUT2D eigenvalue weighted by atomic mass is 9.74. The van der Waals surface area contributed by atoms with Gasteiger partial charge in [-0.05, 0) is 40.2 Å². The Morgan fingerprint density at radius 3 is 2.21 bits per heavy atom. The van der Waals surface area contributed by atoms with E-state index in [0.717, 1.165) is 18.4 Å². The second-order valence-electron chi connectivity index (χ2n) is 4.72. The predicted molar refractivity (Wildman–Crippen MR) is 71.5 cm³/mol. The average Bonchev–Trinajstić information content (AvgIpc) is 2.38. The smallest absolute Gasteiger partial charge is 0.338 e. The topological polar surface area (TPSA) is 64.6 Å². The first kappa shape index (κ1) is 15.7. The zero-order valence-electron chi connectivity index (χ0n) is 12.0. The summed E-state index contributed by atoms with van der Waals surface area (Å²) < 4.78 is 10.2. The number of piperidine rings is 1. The SMILES string of the molecule is C=C(C)C1CCCNC1(C(=O)OCC)C(=O)OCC. The lowest BCUT2D eigenvalue weighted by Crippen LogP contribution is -2.66. The third-order valence-electron chi connectivity index (χ3n) is 3.39. The predicted octanol–water partition coefficient (Wildman–Crippen LogP) is 1.43. The standard InChI is InChI=1S/C14H23NO4/c1-5-18-12(16)14(13(17)19-6-2)11(10(3)4)8-7-9-15-14/h11,15H,3,5-9H2,1-2,4H3. The van der Waals surface area contributed by atoms with E-state index in [2.05, 4.69) is 11.9 Å². The van der Waals surface area contributed by atoms with Gasteiger partial charge in [0.05, 0.1) is 13.2 Å². The molecule has 0 radical (unpaired) electrons. The summed E-state index contributed by atoms with van der Waals surface area (Å²) >= 11 is 0. The second kappa shape index (κ2) is 6.70. The molecule has 1 atom stereocenters. The molecule has 19 heavy (non-hydrogen) atoms. The van der Waals surface area contributed by atoms with Crippen molar-refractivity contribution < 1.29 is 19.1 Å². The fourth-order valence-corrected chi connectivity index (χ4v) is 2.55. The van der Waals surface area contributed by atoms with Crippen LogP contribution < -0.4 is 5.32 Å². The van der Waals surface area contributed by atoms with Gasteiger partial charge in [0.2, 0.25) is 5.54 Å². The maximum absolute atomic E-state index is 12.3. The second-order valence-corrected chi connectivity index (χ2v) is 4.72. The Morgan fingerprint density at radius 2 is 1.79 bits per heavy atom. The first-order chi connectivity index (χ1) is 9.00. The average molecular weight is 269 g/mol. The van der Waals surface area contributed by atoms with E-state index in [1.54, 1.807) is 13.8 Å². The lowest BCUT2D eigenvalue weighted by molar-refractivity contribution is -0.170. The van der Waals surface area contributed by atoms with Gasteiger partial charge in [-0.3, -0.25) is 5.32 Å². The number of carbonyl (C=O) groups is 2. The molecule has 1 N–H and O–H groups in total. The van der Waals surface area contributed by atoms with E-state index in [1.165, 1.54) is 0 Å². The quantitative estimate of drug-likeness (QED) is 0.464. The fraction of sp³-hybridized carbons (Fsp3) is 0.714. The van der Waals surface area contributed by atoms with Crippen molar-refractivity contribution in [1.29, 1.82) is 0 Å². The van der Waals surface area contributed by atoms with Gasteiger partial charge < -0.3 is 9.47 Å². The molecule has 0 saturated carbocycles. The first-order valence-electron chi connectivity index (χ1n) is 6.75. The van der Waals surface area contributed by atoms with Gasteiger partial charge in [0.1, 0.15) is 0 Å². The summed E-state index contributed by atoms with van der Waals surface area (Å²) in [5.41, 5.74) is -0.649. The number of carbonyl (C=O) groups excluding carboxylic acids is 2. The van der Waals surface area contributed by atoms with Crippen molar-refractivity contribution in [2.24, 2.45) is 5.92 Å². The highest BCUT2D eigenvalue weighted by Gasteiger charge is 2.56. The molecule has 0 amide bonds. The monoisotopic (exact) mass is 269 g/mol. The van der Waals surface area contributed by atoms with Gasteiger partial charge in [-0.2, -0.15) is 0 Å². The van der Waals surface area contributed by atoms with Gasteiger partial charge in [-0.25, -0.2) is 9.59 Å². The summed E-state index contributed by atoms with van der Waals surface area (Å²) in [7, 11) is 0. The van der Waals surface area contributed by atoms with Crippen molar-refractivity contribution in [2.45, 2.75) is 39.2 Å². The van der Waals surface area contributed by atoms with Crippen LogP contribution in [-0.4, -0.2) is 37.2 Å². The molecule has 0 spiro atoms. The zero-order valence-corrected chi connectivity index (χ0v) is 12.0. The van der Waals surface area contributed by atoms with Gasteiger partial charge in [-0.15, -0.1) is 0 Å². The highest BCUT2D eigenvalue weighted by atomic mass is 16.6. The molecule has 0 bridgehead atoms. The first-order valence-corrected chi connectivity index (χ1v) is 6.75. The van der Waals surface area contributed by atoms with Gasteiger partial charge >= 0.3 is 11.9 Å². The summed E-state index contributed by atoms with van der Waals surface area (Å²) in [5.74, 6) is -1.43. The number of ether oxygens (including phenoxy) is 2. The number of hydrogen-bond donors (Lipinski definition) is 1. The molecule has 1 aliphatic heterocycles. The molecule has 5 nitrogen and oxygen atoms in total. The van der Waals surface area contributed by atoms with Gasteiger partial charge in [0.15, 0.2) is 0 Å². The number of rotatable bonds is 5. The highest BCUT2D eigenvalue weighted by molar-refractivity contribution is 6.06. The minimum atomic E-state index is -1.43. The third-order valence-corrected chi connectivity index (χ3v) is 3.39. The van der Waals surface area contributed by atoms with Crippen molar-refractivity contribution in [2.75, 3.05) is 19.8 Å².